The number of hydrogen-bond donors (Lipinski definition) is 0. The van der Waals surface area contributed by atoms with Crippen molar-refractivity contribution >= 4 is 17.9 Å². The third-order valence-electron chi connectivity index (χ3n) is 2.21. The summed E-state index contributed by atoms with van der Waals surface area (Å²) < 4.78 is 0.954. The lowest BCUT2D eigenvalue weighted by Crippen LogP contribution is -2.22. The van der Waals surface area contributed by atoms with E-state index in [1.165, 1.54) is 6.92 Å². The second-order valence-corrected chi connectivity index (χ2v) is 4.24. The zero-order chi connectivity index (χ0) is 11.3. The number of nitrogens with zero attached hydrogens (tertiary/aromatic N) is 1. The second kappa shape index (κ2) is 5.70. The number of carboxylic acids is 1. The average Bonchev–Trinajstić information content (AvgIpc) is 2.58. The Morgan fingerprint density at radius 3 is 2.93 bits per heavy atom. The van der Waals surface area contributed by atoms with Gasteiger partial charge in [-0.2, -0.15) is 0 Å². The van der Waals surface area contributed by atoms with Crippen molar-refractivity contribution in [2.24, 2.45) is 0 Å². The van der Waals surface area contributed by atoms with Crippen molar-refractivity contribution in [2.75, 3.05) is 0 Å². The van der Waals surface area contributed by atoms with E-state index in [9.17, 15) is 14.8 Å². The monoisotopic (exact) mass is 227 g/mol. The van der Waals surface area contributed by atoms with Gasteiger partial charge in [-0.15, -0.1) is 0 Å². The number of rotatable bonds is 5. The highest BCUT2D eigenvalue weighted by Crippen LogP contribution is 2.21. The van der Waals surface area contributed by atoms with Gasteiger partial charge in [0.1, 0.15) is 0 Å². The Morgan fingerprint density at radius 1 is 1.67 bits per heavy atom. The van der Waals surface area contributed by atoms with Crippen molar-refractivity contribution in [2.45, 2.75) is 32.2 Å². The van der Waals surface area contributed by atoms with Gasteiger partial charge in [0, 0.05) is 22.8 Å². The molecular weight excluding hydrogens is 214 g/mol. The van der Waals surface area contributed by atoms with Crippen molar-refractivity contribution in [1.82, 2.24) is 0 Å². The summed E-state index contributed by atoms with van der Waals surface area (Å²) in [5.74, 6) is -1.13. The summed E-state index contributed by atoms with van der Waals surface area (Å²) in [6.45, 7) is 1.51. The van der Waals surface area contributed by atoms with Crippen LogP contribution < -0.4 is 5.11 Å². The van der Waals surface area contributed by atoms with Crippen molar-refractivity contribution in [3.8, 4) is 0 Å². The molecule has 0 saturated carbocycles. The molecule has 5 heteroatoms. The summed E-state index contributed by atoms with van der Waals surface area (Å²) in [6, 6.07) is -0.0633. The lowest BCUT2D eigenvalue weighted by molar-refractivity contribution is -0.401. The van der Waals surface area contributed by atoms with Crippen LogP contribution in [0.3, 0.4) is 0 Å². The molecule has 1 atom stereocenters. The molecule has 15 heavy (non-hydrogen) atoms. The number of carbonyl (C=O) groups excluding carboxylic acids is 1. The average molecular weight is 227 g/mol. The van der Waals surface area contributed by atoms with Crippen LogP contribution in [0.1, 0.15) is 26.2 Å². The molecule has 0 spiro atoms. The summed E-state index contributed by atoms with van der Waals surface area (Å²) in [5.41, 5.74) is 0.255. The number of nitroso groups, excluding NO2 is 1. The third-order valence-corrected chi connectivity index (χ3v) is 2.97. The topological polar surface area (TPSA) is 60.2 Å². The van der Waals surface area contributed by atoms with Crippen molar-refractivity contribution in [3.63, 3.8) is 0 Å². The molecule has 4 nitrogen and oxygen atoms in total. The van der Waals surface area contributed by atoms with Gasteiger partial charge in [0.05, 0.1) is 10.1 Å². The maximum absolute atomic E-state index is 11.1. The van der Waals surface area contributed by atoms with Crippen LogP contribution in [0.2, 0.25) is 0 Å². The van der Waals surface area contributed by atoms with Gasteiger partial charge in [-0.1, -0.05) is 6.08 Å². The molecular formula is C10H13NO3S. The van der Waals surface area contributed by atoms with Gasteiger partial charge in [0.2, 0.25) is 18.0 Å². The summed E-state index contributed by atoms with van der Waals surface area (Å²) >= 11 is 1.15. The molecule has 0 aromatic heterocycles. The molecule has 0 aliphatic carbocycles. The fourth-order valence-electron chi connectivity index (χ4n) is 1.26. The molecule has 1 unspecified atom stereocenters. The molecule has 82 valence electrons. The summed E-state index contributed by atoms with van der Waals surface area (Å²) in [6.07, 6.45) is 5.73. The van der Waals surface area contributed by atoms with Gasteiger partial charge in [0.15, 0.2) is 0 Å². The van der Waals surface area contributed by atoms with Crippen LogP contribution in [0.15, 0.2) is 23.1 Å². The van der Waals surface area contributed by atoms with E-state index in [-0.39, 0.29) is 11.6 Å². The molecule has 0 amide bonds. The summed E-state index contributed by atoms with van der Waals surface area (Å²) in [7, 11) is 0. The summed E-state index contributed by atoms with van der Waals surface area (Å²) in [5, 5.41) is 12.1. The van der Waals surface area contributed by atoms with E-state index in [4.69, 9.17) is 0 Å². The van der Waals surface area contributed by atoms with Crippen LogP contribution in [-0.2, 0) is 4.79 Å². The van der Waals surface area contributed by atoms with Crippen molar-refractivity contribution in [1.29, 1.82) is 0 Å². The van der Waals surface area contributed by atoms with E-state index in [0.717, 1.165) is 29.0 Å². The highest BCUT2D eigenvalue weighted by molar-refractivity contribution is 7.96. The van der Waals surface area contributed by atoms with E-state index < -0.39 is 5.97 Å². The lowest BCUT2D eigenvalue weighted by Gasteiger charge is -2.01. The first-order valence-electron chi connectivity index (χ1n) is 4.79. The summed E-state index contributed by atoms with van der Waals surface area (Å²) in [4.78, 5) is 21.5. The smallest absolute Gasteiger partial charge is 0.243 e. The number of aliphatic carboxylic acids is 1. The number of carbonyl (C=O) groups is 1. The first-order chi connectivity index (χ1) is 7.11. The fraction of sp³-hybridized carbons (Fsp3) is 0.500. The normalized spacial score (nSPS) is 21.0. The van der Waals surface area contributed by atoms with Crippen LogP contribution in [0.5, 0.6) is 0 Å². The van der Waals surface area contributed by atoms with Crippen molar-refractivity contribution < 1.29 is 14.1 Å². The van der Waals surface area contributed by atoms with Crippen LogP contribution in [0, 0.1) is 4.91 Å². The first-order valence-corrected chi connectivity index (χ1v) is 5.63. The lowest BCUT2D eigenvalue weighted by atomic mass is 10.1. The molecule has 0 bridgehead atoms. The van der Waals surface area contributed by atoms with Crippen LogP contribution in [-0.4, -0.2) is 16.2 Å². The largest absolute Gasteiger partial charge is 0.545 e. The molecule has 0 fully saturated rings. The minimum absolute atomic E-state index is 0.0633. The van der Waals surface area contributed by atoms with Crippen LogP contribution in [0.25, 0.3) is 0 Å². The van der Waals surface area contributed by atoms with E-state index in [1.807, 2.05) is 6.08 Å². The van der Waals surface area contributed by atoms with E-state index in [0.29, 0.717) is 6.42 Å². The van der Waals surface area contributed by atoms with E-state index in [2.05, 4.69) is 0 Å². The van der Waals surface area contributed by atoms with Crippen molar-refractivity contribution in [3.05, 3.63) is 28.0 Å². The zero-order valence-electron chi connectivity index (χ0n) is 8.51. The van der Waals surface area contributed by atoms with E-state index in [1.54, 1.807) is 11.5 Å². The van der Waals surface area contributed by atoms with Crippen LogP contribution >= 0.6 is 11.9 Å². The molecule has 0 N–H and O–H groups in total. The predicted molar refractivity (Wildman–Crippen MR) is 56.8 cm³/mol. The Kier molecular flexibility index (Phi) is 4.55. The predicted octanol–water partition coefficient (Wildman–Crippen LogP) is 1.18. The fourth-order valence-corrected chi connectivity index (χ4v) is 1.97. The Balaban J connectivity index is 2.22. The Hall–Kier alpha value is -1.10. The standard InChI is InChI=1S/C10H13NO3S/c1-8(10(12)13)4-2-3-5-9-6-7-15-11(9)14/h4,6-7,9H,2-3,5H2,1H3. The Morgan fingerprint density at radius 2 is 2.40 bits per heavy atom. The first kappa shape index (κ1) is 12.0. The molecule has 1 aliphatic heterocycles. The third kappa shape index (κ3) is 3.87. The Bertz CT molecular complexity index is 323. The molecule has 1 rings (SSSR count). The van der Waals surface area contributed by atoms with Gasteiger partial charge in [-0.25, -0.2) is 0 Å². The second-order valence-electron chi connectivity index (χ2n) is 3.39. The molecule has 0 aromatic rings. The molecule has 0 radical (unpaired) electrons. The SMILES string of the molecule is CC(=CCCCC1C=CS[N+]1=O)C(=O)[O-]. The molecule has 0 saturated heterocycles. The maximum Gasteiger partial charge on any atom is 0.243 e. The number of unbranched alkanes of at least 4 members (excludes halogenated alkanes) is 1. The van der Waals surface area contributed by atoms with Gasteiger partial charge < -0.3 is 9.90 Å². The van der Waals surface area contributed by atoms with Gasteiger partial charge >= 0.3 is 0 Å². The van der Waals surface area contributed by atoms with Gasteiger partial charge in [-0.3, -0.25) is 0 Å². The van der Waals surface area contributed by atoms with E-state index >= 15 is 0 Å². The highest BCUT2D eigenvalue weighted by Gasteiger charge is 2.27. The van der Waals surface area contributed by atoms with Gasteiger partial charge in [-0.05, 0) is 25.3 Å². The quantitative estimate of drug-likeness (QED) is 0.306. The maximum atomic E-state index is 11.1. The molecule has 0 aromatic carbocycles. The molecule has 1 heterocycles. The minimum atomic E-state index is -1.13. The number of allylic oxidation sites excluding steroid dienone is 1. The zero-order valence-corrected chi connectivity index (χ0v) is 9.33. The number of hydrogen-bond acceptors (Lipinski definition) is 4. The Labute approximate surface area is 92.8 Å². The minimum Gasteiger partial charge on any atom is -0.545 e. The van der Waals surface area contributed by atoms with Crippen LogP contribution in [0.4, 0.5) is 0 Å². The molecule has 1 aliphatic rings. The highest BCUT2D eigenvalue weighted by atomic mass is 32.2. The number of carboxylic acid groups (broad SMARTS) is 1. The van der Waals surface area contributed by atoms with Gasteiger partial charge in [0.25, 0.3) is 0 Å².